The number of nitrogens with two attached hydrogens (primary N) is 1. The van der Waals surface area contributed by atoms with Gasteiger partial charge in [-0.15, -0.1) is 0 Å². The number of hydrogen-bond donors (Lipinski definition) is 2. The van der Waals surface area contributed by atoms with E-state index in [1.54, 1.807) is 18.7 Å². The molecule has 3 N–H and O–H groups in total. The van der Waals surface area contributed by atoms with Crippen LogP contribution in [0.15, 0.2) is 24.4 Å². The lowest BCUT2D eigenvalue weighted by atomic mass is 9.88. The first-order valence-corrected chi connectivity index (χ1v) is 11.0. The molecule has 1 aliphatic rings. The monoisotopic (exact) mass is 520 g/mol. The van der Waals surface area contributed by atoms with Crippen LogP contribution in [0, 0.1) is 17.5 Å². The fourth-order valence-electron chi connectivity index (χ4n) is 4.43. The van der Waals surface area contributed by atoms with Gasteiger partial charge >= 0.3 is 12.1 Å². The minimum atomic E-state index is -4.83. The molecule has 0 fully saturated rings. The summed E-state index contributed by atoms with van der Waals surface area (Å²) < 4.78 is 87.5. The minimum absolute atomic E-state index is 0.0281. The topological polar surface area (TPSA) is 93.6 Å². The van der Waals surface area contributed by atoms with Crippen LogP contribution in [0.2, 0.25) is 0 Å². The number of aliphatic hydroxyl groups is 1. The lowest BCUT2D eigenvalue weighted by Gasteiger charge is -2.40. The predicted octanol–water partition coefficient (Wildman–Crippen LogP) is 3.71. The summed E-state index contributed by atoms with van der Waals surface area (Å²) in [7, 11) is 0. The van der Waals surface area contributed by atoms with E-state index >= 15 is 0 Å². The van der Waals surface area contributed by atoms with Crippen LogP contribution in [0.1, 0.15) is 53.9 Å². The molecule has 0 aliphatic carbocycles. The Morgan fingerprint density at radius 3 is 2.47 bits per heavy atom. The first-order chi connectivity index (χ1) is 16.7. The van der Waals surface area contributed by atoms with Crippen molar-refractivity contribution in [1.29, 1.82) is 0 Å². The van der Waals surface area contributed by atoms with Gasteiger partial charge in [0.25, 0.3) is 0 Å². The largest absolute Gasteiger partial charge is 0.458 e. The van der Waals surface area contributed by atoms with Gasteiger partial charge < -0.3 is 25.0 Å². The van der Waals surface area contributed by atoms with Gasteiger partial charge in [0.15, 0.2) is 17.3 Å². The summed E-state index contributed by atoms with van der Waals surface area (Å²) in [6.45, 7) is 6.07. The van der Waals surface area contributed by atoms with Crippen molar-refractivity contribution >= 4 is 5.97 Å². The molecule has 0 bridgehead atoms. The van der Waals surface area contributed by atoms with Gasteiger partial charge in [0.05, 0.1) is 18.3 Å². The van der Waals surface area contributed by atoms with Crippen LogP contribution in [0.3, 0.4) is 0 Å². The zero-order valence-electron chi connectivity index (χ0n) is 19.6. The van der Waals surface area contributed by atoms with E-state index in [-0.39, 0.29) is 37.2 Å². The van der Waals surface area contributed by atoms with Crippen molar-refractivity contribution in [3.8, 4) is 0 Å². The molecule has 2 atom stereocenters. The third kappa shape index (κ3) is 5.67. The van der Waals surface area contributed by atoms with Crippen molar-refractivity contribution in [2.45, 2.75) is 51.0 Å². The molecule has 7 nitrogen and oxygen atoms in total. The Labute approximate surface area is 203 Å². The number of halogens is 6. The number of aliphatic hydroxyl groups excluding tert-OH is 1. The van der Waals surface area contributed by atoms with E-state index in [9.17, 15) is 31.1 Å². The molecule has 0 unspecified atom stereocenters. The van der Waals surface area contributed by atoms with Crippen molar-refractivity contribution in [1.82, 2.24) is 14.5 Å². The second-order valence-electron chi connectivity index (χ2n) is 8.98. The third-order valence-electron chi connectivity index (χ3n) is 5.90. The Balaban J connectivity index is 1.86. The number of rotatable bonds is 8. The number of imidazole rings is 1. The number of esters is 1. The van der Waals surface area contributed by atoms with Crippen molar-refractivity contribution in [3.05, 3.63) is 64.6 Å². The number of carbonyl (C=O) groups excluding carboxylic acids is 1. The van der Waals surface area contributed by atoms with E-state index in [0.717, 1.165) is 10.6 Å². The highest BCUT2D eigenvalue weighted by atomic mass is 19.4. The highest BCUT2D eigenvalue weighted by Gasteiger charge is 2.43. The summed E-state index contributed by atoms with van der Waals surface area (Å²) in [6, 6.07) is 0.352. The van der Waals surface area contributed by atoms with Gasteiger partial charge in [-0.25, -0.2) is 22.9 Å². The summed E-state index contributed by atoms with van der Waals surface area (Å²) in [5.41, 5.74) is 4.81. The molecule has 1 aromatic carbocycles. The van der Waals surface area contributed by atoms with Crippen LogP contribution in [0.25, 0.3) is 0 Å². The maximum atomic E-state index is 14.1. The maximum Gasteiger partial charge on any atom is 0.449 e. The Morgan fingerprint density at radius 1 is 1.22 bits per heavy atom. The number of fused-ring (bicyclic) bond motifs is 1. The predicted molar refractivity (Wildman–Crippen MR) is 116 cm³/mol. The summed E-state index contributed by atoms with van der Waals surface area (Å²) in [4.78, 5) is 17.6. The number of benzene rings is 1. The van der Waals surface area contributed by atoms with Gasteiger partial charge in [-0.05, 0) is 31.9 Å². The van der Waals surface area contributed by atoms with Gasteiger partial charge in [0, 0.05) is 36.8 Å². The Morgan fingerprint density at radius 2 is 1.86 bits per heavy atom. The molecule has 198 valence electrons. The molecule has 0 radical (unpaired) electrons. The van der Waals surface area contributed by atoms with Crippen LogP contribution >= 0.6 is 0 Å². The molecule has 3 rings (SSSR count). The third-order valence-corrected chi connectivity index (χ3v) is 5.90. The zero-order chi connectivity index (χ0) is 27.0. The standard InChI is InChI=1S/C23H26F6N4O3/c1-12(10-22(3,30)11-14-8-16(25)17(26)9-15(14)24)32-4-5-33-19(13(32)2)18(20(35)36-7-6-34)31-21(33)23(27,28)29/h8-9,13,34H,1,4-7,10-11,30H2,2-3H3/t13-,22-/m1/s1. The van der Waals surface area contributed by atoms with Crippen LogP contribution in [-0.4, -0.2) is 50.8 Å². The SMILES string of the molecule is C=C(C[C@@](C)(N)Cc1cc(F)c(F)cc1F)N1CCn2c(C(F)(F)F)nc(C(=O)OCCO)c2[C@H]1C. The van der Waals surface area contributed by atoms with Crippen LogP contribution in [0.4, 0.5) is 26.3 Å². The van der Waals surface area contributed by atoms with Crippen molar-refractivity contribution in [3.63, 3.8) is 0 Å². The molecule has 0 saturated heterocycles. The molecule has 1 aliphatic heterocycles. The first-order valence-electron chi connectivity index (χ1n) is 11.0. The van der Waals surface area contributed by atoms with Crippen LogP contribution in [-0.2, 0) is 23.9 Å². The van der Waals surface area contributed by atoms with E-state index in [1.807, 2.05) is 0 Å². The molecular formula is C23H26F6N4O3. The molecule has 0 saturated carbocycles. The summed E-state index contributed by atoms with van der Waals surface area (Å²) in [5, 5.41) is 8.88. The summed E-state index contributed by atoms with van der Waals surface area (Å²) in [6.07, 6.45) is -4.97. The van der Waals surface area contributed by atoms with Gasteiger partial charge in [-0.1, -0.05) is 6.58 Å². The van der Waals surface area contributed by atoms with E-state index in [0.29, 0.717) is 11.8 Å². The van der Waals surface area contributed by atoms with Gasteiger partial charge in [-0.3, -0.25) is 0 Å². The number of hydrogen-bond acceptors (Lipinski definition) is 6. The number of aromatic nitrogens is 2. The van der Waals surface area contributed by atoms with E-state index < -0.39 is 65.9 Å². The average molecular weight is 520 g/mol. The lowest BCUT2D eigenvalue weighted by molar-refractivity contribution is -0.147. The van der Waals surface area contributed by atoms with E-state index in [1.165, 1.54) is 0 Å². The van der Waals surface area contributed by atoms with Crippen molar-refractivity contribution < 1.29 is 41.0 Å². The molecule has 36 heavy (non-hydrogen) atoms. The normalized spacial score (nSPS) is 17.5. The van der Waals surface area contributed by atoms with E-state index in [2.05, 4.69) is 11.6 Å². The second kappa shape index (κ2) is 10.1. The molecule has 13 heteroatoms. The number of nitrogens with zero attached hydrogens (tertiary/aromatic N) is 3. The van der Waals surface area contributed by atoms with Gasteiger partial charge in [0.1, 0.15) is 12.4 Å². The molecule has 1 aromatic heterocycles. The van der Waals surface area contributed by atoms with Crippen molar-refractivity contribution in [2.75, 3.05) is 19.8 Å². The number of ether oxygens (including phenoxy) is 1. The maximum absolute atomic E-state index is 14.1. The average Bonchev–Trinajstić information content (AvgIpc) is 3.16. The molecule has 2 heterocycles. The van der Waals surface area contributed by atoms with E-state index in [4.69, 9.17) is 15.6 Å². The Kier molecular flexibility index (Phi) is 7.75. The highest BCUT2D eigenvalue weighted by Crippen LogP contribution is 2.38. The smallest absolute Gasteiger partial charge is 0.449 e. The molecule has 0 spiro atoms. The number of alkyl halides is 3. The summed E-state index contributed by atoms with van der Waals surface area (Å²) >= 11 is 0. The minimum Gasteiger partial charge on any atom is -0.458 e. The summed E-state index contributed by atoms with van der Waals surface area (Å²) in [5.74, 6) is -5.87. The Bertz CT molecular complexity index is 1160. The number of carbonyl (C=O) groups is 1. The molecule has 0 amide bonds. The first kappa shape index (κ1) is 27.5. The lowest BCUT2D eigenvalue weighted by Crippen LogP contribution is -2.44. The quantitative estimate of drug-likeness (QED) is 0.313. The molecule has 2 aromatic rings. The fourth-order valence-corrected chi connectivity index (χ4v) is 4.43. The highest BCUT2D eigenvalue weighted by molar-refractivity contribution is 5.89. The fraction of sp³-hybridized carbons (Fsp3) is 0.478. The van der Waals surface area contributed by atoms with Crippen LogP contribution in [0.5, 0.6) is 0 Å². The Hall–Kier alpha value is -3.06. The zero-order valence-corrected chi connectivity index (χ0v) is 19.6. The molecular weight excluding hydrogens is 494 g/mol. The van der Waals surface area contributed by atoms with Gasteiger partial charge in [-0.2, -0.15) is 13.2 Å². The van der Waals surface area contributed by atoms with Crippen molar-refractivity contribution in [2.24, 2.45) is 5.73 Å². The second-order valence-corrected chi connectivity index (χ2v) is 8.98. The van der Waals surface area contributed by atoms with Gasteiger partial charge in [0.2, 0.25) is 5.82 Å². The van der Waals surface area contributed by atoms with Crippen LogP contribution < -0.4 is 5.73 Å².